The minimum Gasteiger partial charge on any atom is -0.489 e. The van der Waals surface area contributed by atoms with Gasteiger partial charge in [0, 0.05) is 13.6 Å². The van der Waals surface area contributed by atoms with Crippen LogP contribution in [-0.2, 0) is 7.05 Å². The molecule has 0 spiro atoms. The van der Waals surface area contributed by atoms with E-state index in [1.165, 1.54) is 4.68 Å². The summed E-state index contributed by atoms with van der Waals surface area (Å²) in [7, 11) is 1.58. The normalized spacial score (nSPS) is 12.0. The van der Waals surface area contributed by atoms with Crippen LogP contribution in [0.1, 0.15) is 5.69 Å². The zero-order valence-electron chi connectivity index (χ0n) is 13.0. The van der Waals surface area contributed by atoms with Gasteiger partial charge in [-0.1, -0.05) is 29.3 Å². The van der Waals surface area contributed by atoms with Gasteiger partial charge in [0.25, 0.3) is 0 Å². The van der Waals surface area contributed by atoms with E-state index in [1.54, 1.807) is 32.2 Å². The predicted octanol–water partition coefficient (Wildman–Crippen LogP) is 2.80. The van der Waals surface area contributed by atoms with Crippen LogP contribution >= 0.6 is 23.2 Å². The van der Waals surface area contributed by atoms with Crippen molar-refractivity contribution >= 4 is 34.7 Å². The van der Waals surface area contributed by atoms with Crippen LogP contribution in [-0.4, -0.2) is 39.1 Å². The van der Waals surface area contributed by atoms with E-state index in [0.717, 1.165) is 0 Å². The number of ether oxygens (including phenoxy) is 1. The molecule has 10 heteroatoms. The summed E-state index contributed by atoms with van der Waals surface area (Å²) >= 11 is 11.9. The summed E-state index contributed by atoms with van der Waals surface area (Å²) in [4.78, 5) is 10.6. The van der Waals surface area contributed by atoms with Gasteiger partial charge in [-0.15, -0.1) is 0 Å². The average Bonchev–Trinajstić information content (AvgIpc) is 2.80. The molecule has 2 N–H and O–H groups in total. The number of anilines is 1. The third kappa shape index (κ3) is 4.08. The van der Waals surface area contributed by atoms with Crippen molar-refractivity contribution in [3.05, 3.63) is 44.1 Å². The Morgan fingerprint density at radius 1 is 1.50 bits per heavy atom. The molecule has 1 heterocycles. The summed E-state index contributed by atoms with van der Waals surface area (Å²) in [6, 6.07) is 4.93. The van der Waals surface area contributed by atoms with Gasteiger partial charge in [-0.25, -0.2) is 4.68 Å². The molecule has 130 valence electrons. The van der Waals surface area contributed by atoms with Gasteiger partial charge in [0.05, 0.1) is 9.95 Å². The van der Waals surface area contributed by atoms with Gasteiger partial charge in [-0.2, -0.15) is 5.10 Å². The third-order valence-electron chi connectivity index (χ3n) is 3.23. The van der Waals surface area contributed by atoms with Gasteiger partial charge in [-0.3, -0.25) is 10.1 Å². The Labute approximate surface area is 148 Å². The maximum Gasteiger partial charge on any atom is 0.333 e. The Balaban J connectivity index is 1.96. The molecule has 2 aromatic rings. The smallest absolute Gasteiger partial charge is 0.333 e. The van der Waals surface area contributed by atoms with E-state index >= 15 is 0 Å². The molecular weight excluding hydrogens is 359 g/mol. The summed E-state index contributed by atoms with van der Waals surface area (Å²) in [5, 5.41) is 28.5. The average molecular weight is 375 g/mol. The zero-order chi connectivity index (χ0) is 17.9. The van der Waals surface area contributed by atoms with Crippen LogP contribution in [0.4, 0.5) is 11.5 Å². The molecule has 8 nitrogen and oxygen atoms in total. The molecule has 1 aromatic heterocycles. The number of hydrogen-bond acceptors (Lipinski definition) is 6. The molecule has 0 aliphatic rings. The van der Waals surface area contributed by atoms with E-state index in [2.05, 4.69) is 10.4 Å². The first-order valence-corrected chi connectivity index (χ1v) is 7.73. The van der Waals surface area contributed by atoms with Gasteiger partial charge in [0.15, 0.2) is 0 Å². The number of nitrogens with zero attached hydrogens (tertiary/aromatic N) is 3. The number of aliphatic hydroxyl groups excluding tert-OH is 1. The summed E-state index contributed by atoms with van der Waals surface area (Å²) in [6.45, 7) is 1.53. The van der Waals surface area contributed by atoms with Crippen LogP contribution in [0.3, 0.4) is 0 Å². The molecule has 0 saturated carbocycles. The van der Waals surface area contributed by atoms with Crippen molar-refractivity contribution in [2.45, 2.75) is 13.0 Å². The van der Waals surface area contributed by atoms with Crippen molar-refractivity contribution in [1.29, 1.82) is 0 Å². The van der Waals surface area contributed by atoms with Crippen molar-refractivity contribution in [1.82, 2.24) is 9.78 Å². The third-order valence-corrected chi connectivity index (χ3v) is 4.03. The fraction of sp³-hybridized carbons (Fsp3) is 0.357. The van der Waals surface area contributed by atoms with Gasteiger partial charge < -0.3 is 15.2 Å². The molecule has 0 fully saturated rings. The second-order valence-corrected chi connectivity index (χ2v) is 5.85. The van der Waals surface area contributed by atoms with E-state index in [-0.39, 0.29) is 29.7 Å². The number of nitrogens with one attached hydrogen (secondary N) is 1. The Kier molecular flexibility index (Phi) is 5.87. The number of nitro groups is 1. The van der Waals surface area contributed by atoms with E-state index in [1.807, 2.05) is 0 Å². The van der Waals surface area contributed by atoms with Gasteiger partial charge in [0.2, 0.25) is 5.82 Å². The number of rotatable bonds is 7. The number of aryl methyl sites for hydroxylation is 2. The van der Waals surface area contributed by atoms with Crippen molar-refractivity contribution in [3.8, 4) is 5.75 Å². The largest absolute Gasteiger partial charge is 0.489 e. The molecule has 2 rings (SSSR count). The summed E-state index contributed by atoms with van der Waals surface area (Å²) < 4.78 is 6.77. The molecule has 1 aromatic carbocycles. The van der Waals surface area contributed by atoms with Crippen LogP contribution in [0, 0.1) is 17.0 Å². The second kappa shape index (κ2) is 7.69. The lowest BCUT2D eigenvalue weighted by Crippen LogP contribution is -2.27. The van der Waals surface area contributed by atoms with Crippen LogP contribution < -0.4 is 10.1 Å². The minimum absolute atomic E-state index is 0.0397. The molecule has 0 saturated heterocycles. The Hall–Kier alpha value is -2.03. The van der Waals surface area contributed by atoms with Gasteiger partial charge in [-0.05, 0) is 19.1 Å². The van der Waals surface area contributed by atoms with Gasteiger partial charge in [0.1, 0.15) is 29.2 Å². The number of aromatic nitrogens is 2. The van der Waals surface area contributed by atoms with Crippen LogP contribution in [0.5, 0.6) is 5.75 Å². The highest BCUT2D eigenvalue weighted by Crippen LogP contribution is 2.31. The molecule has 0 aliphatic carbocycles. The Morgan fingerprint density at radius 3 is 2.88 bits per heavy atom. The van der Waals surface area contributed by atoms with Crippen LogP contribution in [0.2, 0.25) is 10.0 Å². The highest BCUT2D eigenvalue weighted by molar-refractivity contribution is 6.42. The van der Waals surface area contributed by atoms with Crippen LogP contribution in [0.25, 0.3) is 0 Å². The number of hydrogen-bond donors (Lipinski definition) is 2. The van der Waals surface area contributed by atoms with E-state index < -0.39 is 11.0 Å². The lowest BCUT2D eigenvalue weighted by atomic mass is 10.3. The SMILES string of the molecule is Cc1nn(C)c(NCC(O)COc2cccc(Cl)c2Cl)c1[N+](=O)[O-]. The standard InChI is InChI=1S/C14H16Cl2N4O4/c1-8-13(20(22)23)14(19(2)18-8)17-6-9(21)7-24-11-5-3-4-10(15)12(11)16/h3-5,9,17,21H,6-7H2,1-2H3. The fourth-order valence-electron chi connectivity index (χ4n) is 2.12. The van der Waals surface area contributed by atoms with E-state index in [9.17, 15) is 15.2 Å². The fourth-order valence-corrected chi connectivity index (χ4v) is 2.46. The minimum atomic E-state index is -0.921. The first-order valence-electron chi connectivity index (χ1n) is 6.98. The molecule has 0 aliphatic heterocycles. The lowest BCUT2D eigenvalue weighted by Gasteiger charge is -2.14. The van der Waals surface area contributed by atoms with Crippen molar-refractivity contribution in [3.63, 3.8) is 0 Å². The number of aliphatic hydroxyl groups is 1. The molecule has 0 amide bonds. The van der Waals surface area contributed by atoms with E-state index in [0.29, 0.717) is 16.5 Å². The molecule has 1 atom stereocenters. The monoisotopic (exact) mass is 374 g/mol. The zero-order valence-corrected chi connectivity index (χ0v) is 14.5. The summed E-state index contributed by atoms with van der Waals surface area (Å²) in [5.74, 6) is 0.572. The second-order valence-electron chi connectivity index (χ2n) is 5.06. The molecule has 24 heavy (non-hydrogen) atoms. The molecular formula is C14H16Cl2N4O4. The first kappa shape index (κ1) is 18.3. The summed E-state index contributed by atoms with van der Waals surface area (Å²) in [6.07, 6.45) is -0.921. The Morgan fingerprint density at radius 2 is 2.21 bits per heavy atom. The predicted molar refractivity (Wildman–Crippen MR) is 91.1 cm³/mol. The summed E-state index contributed by atoms with van der Waals surface area (Å²) in [5.41, 5.74) is 0.171. The topological polar surface area (TPSA) is 102 Å². The van der Waals surface area contributed by atoms with Crippen molar-refractivity contribution in [2.24, 2.45) is 7.05 Å². The van der Waals surface area contributed by atoms with Gasteiger partial charge >= 0.3 is 5.69 Å². The highest BCUT2D eigenvalue weighted by Gasteiger charge is 2.24. The van der Waals surface area contributed by atoms with Crippen molar-refractivity contribution in [2.75, 3.05) is 18.5 Å². The number of halogens is 2. The quantitative estimate of drug-likeness (QED) is 0.570. The number of benzene rings is 1. The first-order chi connectivity index (χ1) is 11.3. The maximum atomic E-state index is 11.1. The molecule has 1 unspecified atom stereocenters. The van der Waals surface area contributed by atoms with Crippen molar-refractivity contribution < 1.29 is 14.8 Å². The highest BCUT2D eigenvalue weighted by atomic mass is 35.5. The van der Waals surface area contributed by atoms with Crippen LogP contribution in [0.15, 0.2) is 18.2 Å². The lowest BCUT2D eigenvalue weighted by molar-refractivity contribution is -0.384. The molecule has 0 bridgehead atoms. The van der Waals surface area contributed by atoms with E-state index in [4.69, 9.17) is 27.9 Å². The maximum absolute atomic E-state index is 11.1. The molecule has 0 radical (unpaired) electrons. The Bertz CT molecular complexity index is 751.